The lowest BCUT2D eigenvalue weighted by atomic mass is 10.3. The molecule has 0 spiro atoms. The Hall–Kier alpha value is -1.86. The molecule has 2 aromatic carbocycles. The third kappa shape index (κ3) is 5.57. The molecule has 2 aromatic rings. The molecule has 0 saturated heterocycles. The van der Waals surface area contributed by atoms with Gasteiger partial charge in [-0.15, -0.1) is 11.8 Å². The van der Waals surface area contributed by atoms with E-state index >= 15 is 0 Å². The SMILES string of the molecule is CCC#CC[C@H](O)CO[Si](CC(C)C)(c1ccccc1)c1ccccc1. The van der Waals surface area contributed by atoms with Crippen LogP contribution in [0.2, 0.25) is 6.04 Å². The van der Waals surface area contributed by atoms with Crippen molar-refractivity contribution >= 4 is 18.7 Å². The van der Waals surface area contributed by atoms with Gasteiger partial charge in [0.2, 0.25) is 0 Å². The van der Waals surface area contributed by atoms with E-state index in [1.165, 1.54) is 10.4 Å². The summed E-state index contributed by atoms with van der Waals surface area (Å²) in [6.07, 6.45) is 0.720. The van der Waals surface area contributed by atoms with Crippen LogP contribution in [-0.2, 0) is 4.43 Å². The zero-order valence-electron chi connectivity index (χ0n) is 16.1. The summed E-state index contributed by atoms with van der Waals surface area (Å²) < 4.78 is 6.63. The summed E-state index contributed by atoms with van der Waals surface area (Å²) in [6, 6.07) is 22.1. The molecular formula is C23H30O2Si. The number of rotatable bonds is 8. The molecule has 138 valence electrons. The summed E-state index contributed by atoms with van der Waals surface area (Å²) in [7, 11) is -2.43. The zero-order chi connectivity index (χ0) is 18.8. The van der Waals surface area contributed by atoms with Crippen LogP contribution in [0.5, 0.6) is 0 Å². The molecule has 0 aromatic heterocycles. The predicted molar refractivity (Wildman–Crippen MR) is 112 cm³/mol. The predicted octanol–water partition coefficient (Wildman–Crippen LogP) is 3.58. The Balaban J connectivity index is 2.36. The normalized spacial score (nSPS) is 12.5. The van der Waals surface area contributed by atoms with Crippen LogP contribution in [0.15, 0.2) is 60.7 Å². The van der Waals surface area contributed by atoms with Gasteiger partial charge in [0.25, 0.3) is 8.32 Å². The van der Waals surface area contributed by atoms with Gasteiger partial charge >= 0.3 is 0 Å². The maximum atomic E-state index is 10.4. The van der Waals surface area contributed by atoms with Gasteiger partial charge < -0.3 is 9.53 Å². The molecule has 0 aliphatic rings. The topological polar surface area (TPSA) is 29.5 Å². The molecule has 0 fully saturated rings. The third-order valence-electron chi connectivity index (χ3n) is 4.34. The Bertz CT molecular complexity index is 662. The lowest BCUT2D eigenvalue weighted by Gasteiger charge is -2.34. The number of benzene rings is 2. The van der Waals surface area contributed by atoms with E-state index in [2.05, 4.69) is 74.2 Å². The zero-order valence-corrected chi connectivity index (χ0v) is 17.1. The third-order valence-corrected chi connectivity index (χ3v) is 8.92. The first-order chi connectivity index (χ1) is 12.6. The molecule has 0 amide bonds. The molecule has 2 nitrogen and oxygen atoms in total. The fourth-order valence-corrected chi connectivity index (χ4v) is 7.57. The second-order valence-electron chi connectivity index (χ2n) is 7.03. The Morgan fingerprint density at radius 1 is 0.923 bits per heavy atom. The van der Waals surface area contributed by atoms with Gasteiger partial charge in [-0.25, -0.2) is 0 Å². The number of hydrogen-bond donors (Lipinski definition) is 1. The number of aliphatic hydroxyl groups excluding tert-OH is 1. The standard InChI is InChI=1S/C23H30O2Si/c1-4-5-8-13-21(24)18-25-26(19-20(2)3,22-14-9-6-10-15-22)23-16-11-7-12-17-23/h6-7,9-12,14-17,20-21,24H,4,13,18-19H2,1-3H3/t21-/m0/s1. The van der Waals surface area contributed by atoms with Crippen molar-refractivity contribution in [2.45, 2.75) is 45.8 Å². The summed E-state index contributed by atoms with van der Waals surface area (Å²) >= 11 is 0. The monoisotopic (exact) mass is 366 g/mol. The Labute approximate surface area is 159 Å². The highest BCUT2D eigenvalue weighted by molar-refractivity contribution is 6.97. The molecule has 0 saturated carbocycles. The summed E-state index contributed by atoms with van der Waals surface area (Å²) in [5, 5.41) is 12.9. The first kappa shape index (κ1) is 20.4. The molecule has 26 heavy (non-hydrogen) atoms. The second kappa shape index (κ2) is 10.3. The molecule has 3 heteroatoms. The van der Waals surface area contributed by atoms with Crippen LogP contribution in [-0.4, -0.2) is 26.1 Å². The van der Waals surface area contributed by atoms with Gasteiger partial charge in [-0.1, -0.05) is 81.4 Å². The summed E-state index contributed by atoms with van der Waals surface area (Å²) in [5.74, 6) is 6.54. The molecule has 0 aliphatic carbocycles. The van der Waals surface area contributed by atoms with Crippen molar-refractivity contribution in [3.05, 3.63) is 60.7 Å². The fourth-order valence-electron chi connectivity index (χ4n) is 3.23. The highest BCUT2D eigenvalue weighted by Gasteiger charge is 2.40. The molecule has 0 radical (unpaired) electrons. The minimum atomic E-state index is -2.43. The van der Waals surface area contributed by atoms with Crippen LogP contribution in [0.3, 0.4) is 0 Å². The molecule has 1 atom stereocenters. The van der Waals surface area contributed by atoms with E-state index in [1.807, 2.05) is 19.1 Å². The van der Waals surface area contributed by atoms with Crippen molar-refractivity contribution in [2.75, 3.05) is 6.61 Å². The van der Waals surface area contributed by atoms with Crippen molar-refractivity contribution < 1.29 is 9.53 Å². The van der Waals surface area contributed by atoms with E-state index in [-0.39, 0.29) is 0 Å². The van der Waals surface area contributed by atoms with Crippen molar-refractivity contribution in [3.8, 4) is 11.8 Å². The maximum absolute atomic E-state index is 10.4. The summed E-state index contributed by atoms with van der Waals surface area (Å²) in [4.78, 5) is 0. The van der Waals surface area contributed by atoms with E-state index in [4.69, 9.17) is 4.43 Å². The first-order valence-corrected chi connectivity index (χ1v) is 11.6. The number of hydrogen-bond acceptors (Lipinski definition) is 2. The quantitative estimate of drug-likeness (QED) is 0.571. The minimum Gasteiger partial charge on any atom is -0.405 e. The molecule has 0 unspecified atom stereocenters. The van der Waals surface area contributed by atoms with E-state index in [0.717, 1.165) is 12.5 Å². The van der Waals surface area contributed by atoms with Crippen molar-refractivity contribution in [1.29, 1.82) is 0 Å². The van der Waals surface area contributed by atoms with Crippen LogP contribution in [0.4, 0.5) is 0 Å². The average molecular weight is 367 g/mol. The molecule has 1 N–H and O–H groups in total. The fraction of sp³-hybridized carbons (Fsp3) is 0.391. The van der Waals surface area contributed by atoms with Crippen molar-refractivity contribution in [2.24, 2.45) is 5.92 Å². The highest BCUT2D eigenvalue weighted by atomic mass is 28.4. The lowest BCUT2D eigenvalue weighted by molar-refractivity contribution is 0.109. The van der Waals surface area contributed by atoms with Crippen LogP contribution in [0.1, 0.15) is 33.6 Å². The van der Waals surface area contributed by atoms with E-state index in [0.29, 0.717) is 18.9 Å². The summed E-state index contributed by atoms with van der Waals surface area (Å²) in [6.45, 7) is 6.81. The molecule has 0 bridgehead atoms. The Morgan fingerprint density at radius 3 is 1.92 bits per heavy atom. The van der Waals surface area contributed by atoms with E-state index < -0.39 is 14.4 Å². The van der Waals surface area contributed by atoms with Gasteiger partial charge in [-0.05, 0) is 22.3 Å². The molecular weight excluding hydrogens is 336 g/mol. The van der Waals surface area contributed by atoms with Crippen LogP contribution >= 0.6 is 0 Å². The van der Waals surface area contributed by atoms with Crippen LogP contribution in [0.25, 0.3) is 0 Å². The smallest absolute Gasteiger partial charge is 0.256 e. The van der Waals surface area contributed by atoms with Crippen molar-refractivity contribution in [1.82, 2.24) is 0 Å². The molecule has 0 aliphatic heterocycles. The van der Waals surface area contributed by atoms with Gasteiger partial charge in [-0.3, -0.25) is 0 Å². The Kier molecular flexibility index (Phi) is 8.12. The van der Waals surface area contributed by atoms with Gasteiger partial charge in [0.15, 0.2) is 0 Å². The second-order valence-corrected chi connectivity index (χ2v) is 10.5. The first-order valence-electron chi connectivity index (χ1n) is 9.47. The maximum Gasteiger partial charge on any atom is 0.256 e. The van der Waals surface area contributed by atoms with Gasteiger partial charge in [0, 0.05) is 12.8 Å². The van der Waals surface area contributed by atoms with Crippen LogP contribution < -0.4 is 10.4 Å². The number of aliphatic hydroxyl groups is 1. The highest BCUT2D eigenvalue weighted by Crippen LogP contribution is 2.20. The molecule has 0 heterocycles. The van der Waals surface area contributed by atoms with Gasteiger partial charge in [0.1, 0.15) is 0 Å². The van der Waals surface area contributed by atoms with Gasteiger partial charge in [0.05, 0.1) is 12.7 Å². The van der Waals surface area contributed by atoms with E-state index in [1.54, 1.807) is 0 Å². The van der Waals surface area contributed by atoms with Crippen molar-refractivity contribution in [3.63, 3.8) is 0 Å². The largest absolute Gasteiger partial charge is 0.405 e. The summed E-state index contributed by atoms with van der Waals surface area (Å²) in [5.41, 5.74) is 0. The van der Waals surface area contributed by atoms with Gasteiger partial charge in [-0.2, -0.15) is 0 Å². The average Bonchev–Trinajstić information content (AvgIpc) is 2.66. The Morgan fingerprint density at radius 2 is 1.46 bits per heavy atom. The molecule has 2 rings (SSSR count). The van der Waals surface area contributed by atoms with Crippen LogP contribution in [0, 0.1) is 17.8 Å². The minimum absolute atomic E-state index is 0.321. The van der Waals surface area contributed by atoms with E-state index in [9.17, 15) is 5.11 Å². The lowest BCUT2D eigenvalue weighted by Crippen LogP contribution is -2.62.